The molecule has 0 aromatic heterocycles. The zero-order valence-corrected chi connectivity index (χ0v) is 14.1. The van der Waals surface area contributed by atoms with Crippen molar-refractivity contribution >= 4 is 11.9 Å². The summed E-state index contributed by atoms with van der Waals surface area (Å²) < 4.78 is 23.9. The van der Waals surface area contributed by atoms with E-state index in [0.717, 1.165) is 11.1 Å². The molecule has 0 bridgehead atoms. The first-order valence-electron chi connectivity index (χ1n) is 8.58. The summed E-state index contributed by atoms with van der Waals surface area (Å²) in [5, 5.41) is 0. The van der Waals surface area contributed by atoms with Crippen molar-refractivity contribution in [2.45, 2.75) is 12.5 Å². The van der Waals surface area contributed by atoms with Gasteiger partial charge in [-0.05, 0) is 41.5 Å². The van der Waals surface area contributed by atoms with E-state index < -0.39 is 12.1 Å². The zero-order chi connectivity index (χ0) is 18.1. The first-order chi connectivity index (χ1) is 12.6. The molecule has 0 radical (unpaired) electrons. The van der Waals surface area contributed by atoms with E-state index in [1.165, 1.54) is 12.1 Å². The predicted octanol–water partition coefficient (Wildman–Crippen LogP) is 2.75. The van der Waals surface area contributed by atoms with E-state index >= 15 is 0 Å². The van der Waals surface area contributed by atoms with E-state index in [2.05, 4.69) is 0 Å². The third-order valence-corrected chi connectivity index (χ3v) is 4.77. The Morgan fingerprint density at radius 2 is 1.81 bits per heavy atom. The summed E-state index contributed by atoms with van der Waals surface area (Å²) >= 11 is 0. The predicted molar refractivity (Wildman–Crippen MR) is 91.4 cm³/mol. The Morgan fingerprint density at radius 1 is 1.08 bits per heavy atom. The molecule has 1 saturated heterocycles. The zero-order valence-electron chi connectivity index (χ0n) is 14.1. The van der Waals surface area contributed by atoms with Crippen LogP contribution in [0.5, 0.6) is 0 Å². The van der Waals surface area contributed by atoms with Crippen LogP contribution in [0.25, 0.3) is 0 Å². The van der Waals surface area contributed by atoms with Gasteiger partial charge < -0.3 is 14.4 Å². The smallest absolute Gasteiger partial charge is 0.339 e. The molecule has 2 aliphatic heterocycles. The van der Waals surface area contributed by atoms with E-state index in [-0.39, 0.29) is 11.7 Å². The largest absolute Gasteiger partial charge is 0.454 e. The van der Waals surface area contributed by atoms with Crippen LogP contribution in [0.3, 0.4) is 0 Å². The van der Waals surface area contributed by atoms with E-state index in [4.69, 9.17) is 9.47 Å². The summed E-state index contributed by atoms with van der Waals surface area (Å²) in [6.07, 6.45) is -0.0268. The molecular weight excluding hydrogens is 337 g/mol. The number of fused-ring (bicyclic) bond motifs is 1. The van der Waals surface area contributed by atoms with Crippen LogP contribution in [-0.2, 0) is 15.9 Å². The SMILES string of the molecule is O=C1O[C@H](c2ccc(F)cc2)Cc2cc(C(=O)N3CCOCC3)ccc21. The molecule has 134 valence electrons. The van der Waals surface area contributed by atoms with E-state index in [0.29, 0.717) is 43.9 Å². The standard InChI is InChI=1S/C20H18FNO4/c21-16-4-1-13(2-5-16)18-12-15-11-14(3-6-17(15)20(24)26-18)19(23)22-7-9-25-10-8-22/h1-6,11,18H,7-10,12H2/t18-/m0/s1. The molecule has 1 fully saturated rings. The van der Waals surface area contributed by atoms with Crippen LogP contribution in [0.15, 0.2) is 42.5 Å². The maximum atomic E-state index is 13.1. The summed E-state index contributed by atoms with van der Waals surface area (Å²) in [5.41, 5.74) is 2.53. The molecule has 4 rings (SSSR count). The maximum absolute atomic E-state index is 13.1. The van der Waals surface area contributed by atoms with Gasteiger partial charge >= 0.3 is 5.97 Å². The quantitative estimate of drug-likeness (QED) is 0.778. The molecule has 0 aliphatic carbocycles. The topological polar surface area (TPSA) is 55.8 Å². The van der Waals surface area contributed by atoms with Crippen LogP contribution in [0.2, 0.25) is 0 Å². The summed E-state index contributed by atoms with van der Waals surface area (Å²) in [5.74, 6) is -0.825. The summed E-state index contributed by atoms with van der Waals surface area (Å²) in [7, 11) is 0. The van der Waals surface area contributed by atoms with Gasteiger partial charge in [-0.15, -0.1) is 0 Å². The Kier molecular flexibility index (Phi) is 4.42. The van der Waals surface area contributed by atoms with Gasteiger partial charge in [0.25, 0.3) is 5.91 Å². The molecule has 0 unspecified atom stereocenters. The summed E-state index contributed by atoms with van der Waals surface area (Å²) in [6.45, 7) is 2.21. The first-order valence-corrected chi connectivity index (χ1v) is 8.58. The third-order valence-electron chi connectivity index (χ3n) is 4.77. The van der Waals surface area contributed by atoms with Crippen LogP contribution in [0, 0.1) is 5.82 Å². The number of cyclic esters (lactones) is 1. The summed E-state index contributed by atoms with van der Waals surface area (Å²) in [6, 6.07) is 11.0. The molecule has 1 amide bonds. The van der Waals surface area contributed by atoms with Gasteiger partial charge in [0.15, 0.2) is 0 Å². The lowest BCUT2D eigenvalue weighted by Crippen LogP contribution is -2.40. The molecule has 2 aromatic rings. The molecule has 0 saturated carbocycles. The fourth-order valence-electron chi connectivity index (χ4n) is 3.34. The van der Waals surface area contributed by atoms with Crippen molar-refractivity contribution in [3.05, 3.63) is 70.5 Å². The van der Waals surface area contributed by atoms with Crippen LogP contribution < -0.4 is 0 Å². The van der Waals surface area contributed by atoms with E-state index in [9.17, 15) is 14.0 Å². The lowest BCUT2D eigenvalue weighted by Gasteiger charge is -2.28. The highest BCUT2D eigenvalue weighted by Gasteiger charge is 2.29. The second kappa shape index (κ2) is 6.88. The molecule has 0 N–H and O–H groups in total. The van der Waals surface area contributed by atoms with Gasteiger partial charge in [-0.2, -0.15) is 0 Å². The number of amides is 1. The van der Waals surface area contributed by atoms with Gasteiger partial charge in [-0.1, -0.05) is 12.1 Å². The average Bonchev–Trinajstić information content (AvgIpc) is 2.68. The minimum Gasteiger partial charge on any atom is -0.454 e. The number of nitrogens with zero attached hydrogens (tertiary/aromatic N) is 1. The fourth-order valence-corrected chi connectivity index (χ4v) is 3.34. The van der Waals surface area contributed by atoms with Crippen molar-refractivity contribution < 1.29 is 23.5 Å². The fraction of sp³-hybridized carbons (Fsp3) is 0.300. The number of morpholine rings is 1. The van der Waals surface area contributed by atoms with Gasteiger partial charge in [0.05, 0.1) is 18.8 Å². The molecule has 2 aliphatic rings. The number of halogens is 1. The van der Waals surface area contributed by atoms with E-state index in [1.807, 2.05) is 0 Å². The van der Waals surface area contributed by atoms with Crippen molar-refractivity contribution in [2.24, 2.45) is 0 Å². The molecular formula is C20H18FNO4. The Balaban J connectivity index is 1.60. The highest BCUT2D eigenvalue weighted by Crippen LogP contribution is 2.31. The molecule has 2 heterocycles. The number of ether oxygens (including phenoxy) is 2. The highest BCUT2D eigenvalue weighted by atomic mass is 19.1. The van der Waals surface area contributed by atoms with E-state index in [1.54, 1.807) is 35.2 Å². The van der Waals surface area contributed by atoms with Crippen LogP contribution >= 0.6 is 0 Å². The van der Waals surface area contributed by atoms with Gasteiger partial charge in [0.2, 0.25) is 0 Å². The number of carbonyl (C=O) groups excluding carboxylic acids is 2. The lowest BCUT2D eigenvalue weighted by atomic mass is 9.93. The Morgan fingerprint density at radius 3 is 2.54 bits per heavy atom. The Hall–Kier alpha value is -2.73. The number of benzene rings is 2. The molecule has 5 nitrogen and oxygen atoms in total. The van der Waals surface area contributed by atoms with Gasteiger partial charge in [-0.25, -0.2) is 9.18 Å². The molecule has 6 heteroatoms. The number of esters is 1. The lowest BCUT2D eigenvalue weighted by molar-refractivity contribution is 0.0249. The van der Waals surface area contributed by atoms with Crippen LogP contribution in [-0.4, -0.2) is 43.1 Å². The summed E-state index contributed by atoms with van der Waals surface area (Å²) in [4.78, 5) is 26.7. The maximum Gasteiger partial charge on any atom is 0.339 e. The van der Waals surface area contributed by atoms with Gasteiger partial charge in [0.1, 0.15) is 11.9 Å². The Bertz CT molecular complexity index is 843. The van der Waals surface area contributed by atoms with Crippen molar-refractivity contribution in [3.8, 4) is 0 Å². The first kappa shape index (κ1) is 16.7. The molecule has 26 heavy (non-hydrogen) atoms. The average molecular weight is 355 g/mol. The minimum absolute atomic E-state index is 0.0617. The molecule has 2 aromatic carbocycles. The van der Waals surface area contributed by atoms with Crippen molar-refractivity contribution in [1.82, 2.24) is 4.90 Å². The second-order valence-corrected chi connectivity index (χ2v) is 6.43. The molecule has 0 spiro atoms. The van der Waals surface area contributed by atoms with Gasteiger partial charge in [0, 0.05) is 25.1 Å². The minimum atomic E-state index is -0.482. The van der Waals surface area contributed by atoms with Crippen molar-refractivity contribution in [3.63, 3.8) is 0 Å². The second-order valence-electron chi connectivity index (χ2n) is 6.43. The molecule has 1 atom stereocenters. The highest BCUT2D eigenvalue weighted by molar-refractivity contribution is 5.97. The van der Waals surface area contributed by atoms with Gasteiger partial charge in [-0.3, -0.25) is 4.79 Å². The number of hydrogen-bond acceptors (Lipinski definition) is 4. The Labute approximate surface area is 150 Å². The number of rotatable bonds is 2. The third kappa shape index (κ3) is 3.20. The number of carbonyl (C=O) groups is 2. The monoisotopic (exact) mass is 355 g/mol. The van der Waals surface area contributed by atoms with Crippen LogP contribution in [0.4, 0.5) is 4.39 Å². The van der Waals surface area contributed by atoms with Crippen molar-refractivity contribution in [1.29, 1.82) is 0 Å². The van der Waals surface area contributed by atoms with Crippen LogP contribution in [0.1, 0.15) is 37.9 Å². The van der Waals surface area contributed by atoms with Crippen molar-refractivity contribution in [2.75, 3.05) is 26.3 Å². The number of hydrogen-bond donors (Lipinski definition) is 0. The normalized spacial score (nSPS) is 19.7.